The number of aromatic nitrogens is 2. The van der Waals surface area contributed by atoms with Crippen molar-refractivity contribution in [2.24, 2.45) is 0 Å². The van der Waals surface area contributed by atoms with Crippen LogP contribution in [0.1, 0.15) is 32.1 Å². The maximum absolute atomic E-state index is 12.1. The van der Waals surface area contributed by atoms with Gasteiger partial charge in [0.1, 0.15) is 5.01 Å². The molecule has 2 N–H and O–H groups in total. The Morgan fingerprint density at radius 3 is 2.78 bits per heavy atom. The average molecular weight is 334 g/mol. The molecule has 0 aliphatic carbocycles. The highest BCUT2D eigenvalue weighted by Crippen LogP contribution is 2.15. The molecular formula is C15H18N4O3S. The van der Waals surface area contributed by atoms with Gasteiger partial charge in [-0.2, -0.15) is 0 Å². The van der Waals surface area contributed by atoms with Gasteiger partial charge in [0, 0.05) is 24.9 Å². The zero-order valence-corrected chi connectivity index (χ0v) is 13.8. The van der Waals surface area contributed by atoms with Gasteiger partial charge < -0.3 is 15.4 Å². The monoisotopic (exact) mass is 334 g/mol. The molecular weight excluding hydrogens is 316 g/mol. The average Bonchev–Trinajstić information content (AvgIpc) is 3.04. The molecule has 0 unspecified atom stereocenters. The summed E-state index contributed by atoms with van der Waals surface area (Å²) in [5.41, 5.74) is 0.994. The van der Waals surface area contributed by atoms with Crippen molar-refractivity contribution in [1.82, 2.24) is 15.5 Å². The van der Waals surface area contributed by atoms with Gasteiger partial charge in [0.05, 0.1) is 6.61 Å². The highest BCUT2D eigenvalue weighted by Gasteiger charge is 2.13. The summed E-state index contributed by atoms with van der Waals surface area (Å²) in [5.74, 6) is -0.554. The van der Waals surface area contributed by atoms with E-state index in [-0.39, 0.29) is 11.8 Å². The topological polar surface area (TPSA) is 93.2 Å². The van der Waals surface area contributed by atoms with Crippen LogP contribution in [0, 0.1) is 0 Å². The number of nitrogens with zero attached hydrogens (tertiary/aromatic N) is 2. The maximum Gasteiger partial charge on any atom is 0.286 e. The van der Waals surface area contributed by atoms with E-state index in [2.05, 4.69) is 20.8 Å². The molecule has 0 saturated carbocycles. The van der Waals surface area contributed by atoms with Crippen molar-refractivity contribution < 1.29 is 14.3 Å². The van der Waals surface area contributed by atoms with Gasteiger partial charge in [-0.3, -0.25) is 9.59 Å². The summed E-state index contributed by atoms with van der Waals surface area (Å²) < 4.78 is 4.88. The molecule has 0 bridgehead atoms. The molecule has 1 aromatic heterocycles. The summed E-state index contributed by atoms with van der Waals surface area (Å²) in [6, 6.07) is 6.71. The minimum absolute atomic E-state index is 0.220. The van der Waals surface area contributed by atoms with Crippen molar-refractivity contribution >= 4 is 28.8 Å². The molecule has 8 heteroatoms. The molecule has 2 rings (SSSR count). The van der Waals surface area contributed by atoms with Crippen LogP contribution in [-0.4, -0.2) is 42.3 Å². The van der Waals surface area contributed by atoms with E-state index in [0.717, 1.165) is 11.4 Å². The van der Waals surface area contributed by atoms with Crippen LogP contribution in [0.25, 0.3) is 0 Å². The lowest BCUT2D eigenvalue weighted by Crippen LogP contribution is -2.27. The second-order valence-electron chi connectivity index (χ2n) is 4.64. The third kappa shape index (κ3) is 4.83. The van der Waals surface area contributed by atoms with Crippen LogP contribution < -0.4 is 10.6 Å². The number of anilines is 1. The van der Waals surface area contributed by atoms with E-state index in [1.807, 2.05) is 6.92 Å². The quantitative estimate of drug-likeness (QED) is 0.752. The molecule has 0 saturated heterocycles. The lowest BCUT2D eigenvalue weighted by Gasteiger charge is -2.07. The standard InChI is InChI=1S/C15H18N4O3S/c1-3-12-18-19-15(23-12)14(21)17-11-6-4-5-10(9-11)13(20)16-7-8-22-2/h4-6,9H,3,7-8H2,1-2H3,(H,16,20)(H,17,21). The second kappa shape index (κ2) is 8.35. The summed E-state index contributed by atoms with van der Waals surface area (Å²) in [4.78, 5) is 24.1. The van der Waals surface area contributed by atoms with Crippen LogP contribution in [0.4, 0.5) is 5.69 Å². The molecule has 122 valence electrons. The first kappa shape index (κ1) is 17.0. The van der Waals surface area contributed by atoms with E-state index in [1.165, 1.54) is 11.3 Å². The minimum atomic E-state index is -0.334. The van der Waals surface area contributed by atoms with Gasteiger partial charge in [-0.15, -0.1) is 10.2 Å². The fraction of sp³-hybridized carbons (Fsp3) is 0.333. The van der Waals surface area contributed by atoms with Crippen LogP contribution in [-0.2, 0) is 11.2 Å². The van der Waals surface area contributed by atoms with Crippen molar-refractivity contribution in [3.8, 4) is 0 Å². The fourth-order valence-corrected chi connectivity index (χ4v) is 2.45. The molecule has 0 spiro atoms. The third-order valence-electron chi connectivity index (χ3n) is 2.94. The number of hydrogen-bond acceptors (Lipinski definition) is 6. The van der Waals surface area contributed by atoms with Crippen molar-refractivity contribution in [3.05, 3.63) is 39.8 Å². The first-order valence-corrected chi connectivity index (χ1v) is 7.96. The Kier molecular flexibility index (Phi) is 6.19. The number of ether oxygens (including phenoxy) is 1. The van der Waals surface area contributed by atoms with Crippen molar-refractivity contribution in [2.45, 2.75) is 13.3 Å². The molecule has 2 amide bonds. The number of carbonyl (C=O) groups is 2. The minimum Gasteiger partial charge on any atom is -0.383 e. The Morgan fingerprint density at radius 1 is 1.26 bits per heavy atom. The lowest BCUT2D eigenvalue weighted by atomic mass is 10.2. The van der Waals surface area contributed by atoms with Gasteiger partial charge >= 0.3 is 0 Å². The van der Waals surface area contributed by atoms with Gasteiger partial charge in [-0.1, -0.05) is 24.3 Å². The normalized spacial score (nSPS) is 10.3. The molecule has 0 aliphatic rings. The molecule has 23 heavy (non-hydrogen) atoms. The third-order valence-corrected chi connectivity index (χ3v) is 4.00. The summed E-state index contributed by atoms with van der Waals surface area (Å²) in [5, 5.41) is 14.3. The molecule has 0 aliphatic heterocycles. The van der Waals surface area contributed by atoms with Crippen molar-refractivity contribution in [1.29, 1.82) is 0 Å². The van der Waals surface area contributed by atoms with Crippen molar-refractivity contribution in [2.75, 3.05) is 25.6 Å². The molecule has 0 fully saturated rings. The number of rotatable bonds is 7. The van der Waals surface area contributed by atoms with E-state index in [0.29, 0.717) is 29.4 Å². The largest absolute Gasteiger partial charge is 0.383 e. The van der Waals surface area contributed by atoms with Crippen LogP contribution in [0.5, 0.6) is 0 Å². The van der Waals surface area contributed by atoms with E-state index in [4.69, 9.17) is 4.74 Å². The molecule has 0 radical (unpaired) electrons. The fourth-order valence-electron chi connectivity index (χ4n) is 1.78. The summed E-state index contributed by atoms with van der Waals surface area (Å²) in [6.07, 6.45) is 0.738. The molecule has 1 aromatic carbocycles. The maximum atomic E-state index is 12.1. The Hall–Kier alpha value is -2.32. The summed E-state index contributed by atoms with van der Waals surface area (Å²) in [7, 11) is 1.57. The smallest absolute Gasteiger partial charge is 0.286 e. The second-order valence-corrected chi connectivity index (χ2v) is 5.70. The number of nitrogens with one attached hydrogen (secondary N) is 2. The van der Waals surface area contributed by atoms with Gasteiger partial charge in [0.2, 0.25) is 5.01 Å². The van der Waals surface area contributed by atoms with E-state index >= 15 is 0 Å². The van der Waals surface area contributed by atoms with Gasteiger partial charge in [0.15, 0.2) is 0 Å². The van der Waals surface area contributed by atoms with Crippen LogP contribution in [0.3, 0.4) is 0 Å². The lowest BCUT2D eigenvalue weighted by molar-refractivity contribution is 0.0936. The SMILES string of the molecule is CCc1nnc(C(=O)Nc2cccc(C(=O)NCCOC)c2)s1. The summed E-state index contributed by atoms with van der Waals surface area (Å²) in [6.45, 7) is 2.82. The first-order chi connectivity index (χ1) is 11.1. The zero-order chi connectivity index (χ0) is 16.7. The number of amides is 2. The predicted molar refractivity (Wildman–Crippen MR) is 87.9 cm³/mol. The number of hydrogen-bond donors (Lipinski definition) is 2. The number of benzene rings is 1. The number of carbonyl (C=O) groups excluding carboxylic acids is 2. The van der Waals surface area contributed by atoms with E-state index in [1.54, 1.807) is 31.4 Å². The van der Waals surface area contributed by atoms with Gasteiger partial charge in [-0.25, -0.2) is 0 Å². The number of aryl methyl sites for hydroxylation is 1. The zero-order valence-electron chi connectivity index (χ0n) is 13.0. The van der Waals surface area contributed by atoms with Crippen LogP contribution in [0.15, 0.2) is 24.3 Å². The molecule has 0 atom stereocenters. The molecule has 7 nitrogen and oxygen atoms in total. The van der Waals surface area contributed by atoms with Crippen molar-refractivity contribution in [3.63, 3.8) is 0 Å². The highest BCUT2D eigenvalue weighted by atomic mass is 32.1. The Morgan fingerprint density at radius 2 is 2.09 bits per heavy atom. The highest BCUT2D eigenvalue weighted by molar-refractivity contribution is 7.13. The van der Waals surface area contributed by atoms with Gasteiger partial charge in [-0.05, 0) is 24.6 Å². The Bertz CT molecular complexity index is 687. The number of methoxy groups -OCH3 is 1. The van der Waals surface area contributed by atoms with Crippen LogP contribution >= 0.6 is 11.3 Å². The summed E-state index contributed by atoms with van der Waals surface area (Å²) >= 11 is 1.26. The predicted octanol–water partition coefficient (Wildman–Crippen LogP) is 1.73. The first-order valence-electron chi connectivity index (χ1n) is 7.15. The van der Waals surface area contributed by atoms with E-state index < -0.39 is 0 Å². The van der Waals surface area contributed by atoms with Crippen LogP contribution in [0.2, 0.25) is 0 Å². The Labute approximate surface area is 138 Å². The molecule has 1 heterocycles. The Balaban J connectivity index is 2.01. The van der Waals surface area contributed by atoms with E-state index in [9.17, 15) is 9.59 Å². The van der Waals surface area contributed by atoms with Gasteiger partial charge in [0.25, 0.3) is 11.8 Å². The molecule has 2 aromatic rings.